The molecular weight excluding hydrogens is 140 g/mol. The first kappa shape index (κ1) is 7.49. The minimum absolute atomic E-state index is 0.231. The average Bonchev–Trinajstić information content (AvgIpc) is 2.46. The topological polar surface area (TPSA) is 58.5 Å². The summed E-state index contributed by atoms with van der Waals surface area (Å²) in [7, 11) is 0. The fourth-order valence-electron chi connectivity index (χ4n) is 2.29. The van der Waals surface area contributed by atoms with Gasteiger partial charge in [0.15, 0.2) is 0 Å². The van der Waals surface area contributed by atoms with Gasteiger partial charge in [-0.15, -0.1) is 0 Å². The third-order valence-electron chi connectivity index (χ3n) is 3.01. The van der Waals surface area contributed by atoms with Gasteiger partial charge in [0.1, 0.15) is 0 Å². The van der Waals surface area contributed by atoms with Crippen molar-refractivity contribution in [2.45, 2.75) is 24.8 Å². The monoisotopic (exact) mass is 156 g/mol. The molecule has 4 nitrogen and oxygen atoms in total. The molecule has 0 amide bonds. The Balaban J connectivity index is 2.10. The van der Waals surface area contributed by atoms with E-state index in [0.717, 1.165) is 26.1 Å². The molecule has 0 aromatic heterocycles. The molecule has 0 aliphatic carbocycles. The molecule has 1 atom stereocenters. The highest BCUT2D eigenvalue weighted by atomic mass is 15.5. The molecule has 2 aliphatic heterocycles. The standard InChI is InChI=1S/C7H16N4/c8-10-5-3-7(6-10)2-1-4-11(7)9/h1-6,8-9H2. The van der Waals surface area contributed by atoms with Crippen molar-refractivity contribution < 1.29 is 0 Å². The highest BCUT2D eigenvalue weighted by molar-refractivity contribution is 4.99. The Hall–Kier alpha value is -0.160. The van der Waals surface area contributed by atoms with E-state index in [1.54, 1.807) is 0 Å². The normalized spacial score (nSPS) is 40.9. The van der Waals surface area contributed by atoms with E-state index in [4.69, 9.17) is 11.7 Å². The summed E-state index contributed by atoms with van der Waals surface area (Å²) in [5.41, 5.74) is 0.231. The first-order valence-electron chi connectivity index (χ1n) is 4.25. The van der Waals surface area contributed by atoms with E-state index in [-0.39, 0.29) is 5.54 Å². The molecule has 1 spiro atoms. The van der Waals surface area contributed by atoms with Crippen LogP contribution in [0.2, 0.25) is 0 Å². The summed E-state index contributed by atoms with van der Waals surface area (Å²) in [6.45, 7) is 2.98. The lowest BCUT2D eigenvalue weighted by molar-refractivity contribution is 0.142. The van der Waals surface area contributed by atoms with E-state index in [2.05, 4.69) is 0 Å². The molecular formula is C7H16N4. The summed E-state index contributed by atoms with van der Waals surface area (Å²) >= 11 is 0. The van der Waals surface area contributed by atoms with E-state index >= 15 is 0 Å². The van der Waals surface area contributed by atoms with Gasteiger partial charge in [0.25, 0.3) is 0 Å². The molecule has 0 aromatic rings. The van der Waals surface area contributed by atoms with Gasteiger partial charge in [0.2, 0.25) is 0 Å². The van der Waals surface area contributed by atoms with E-state index in [1.807, 2.05) is 10.0 Å². The third kappa shape index (κ3) is 1.06. The summed E-state index contributed by atoms with van der Waals surface area (Å²) in [5, 5.41) is 3.87. The molecule has 4 N–H and O–H groups in total. The fourth-order valence-corrected chi connectivity index (χ4v) is 2.29. The Morgan fingerprint density at radius 3 is 2.36 bits per heavy atom. The second kappa shape index (κ2) is 2.42. The van der Waals surface area contributed by atoms with Crippen molar-refractivity contribution >= 4 is 0 Å². The maximum Gasteiger partial charge on any atom is 0.0505 e. The van der Waals surface area contributed by atoms with Gasteiger partial charge in [-0.05, 0) is 19.3 Å². The van der Waals surface area contributed by atoms with Crippen LogP contribution in [0.5, 0.6) is 0 Å². The lowest BCUT2D eigenvalue weighted by Crippen LogP contribution is -2.50. The fraction of sp³-hybridized carbons (Fsp3) is 1.00. The number of hydrogen-bond donors (Lipinski definition) is 2. The Morgan fingerprint density at radius 2 is 1.91 bits per heavy atom. The molecule has 0 saturated carbocycles. The zero-order valence-corrected chi connectivity index (χ0v) is 6.79. The van der Waals surface area contributed by atoms with Crippen LogP contribution in [0.3, 0.4) is 0 Å². The maximum atomic E-state index is 5.89. The molecule has 11 heavy (non-hydrogen) atoms. The molecule has 0 radical (unpaired) electrons. The smallest absolute Gasteiger partial charge is 0.0505 e. The van der Waals surface area contributed by atoms with Crippen LogP contribution in [0.15, 0.2) is 0 Å². The number of hydrazine groups is 2. The van der Waals surface area contributed by atoms with Crippen molar-refractivity contribution in [3.8, 4) is 0 Å². The minimum Gasteiger partial charge on any atom is -0.269 e. The predicted molar refractivity (Wildman–Crippen MR) is 43.2 cm³/mol. The van der Waals surface area contributed by atoms with Gasteiger partial charge in [0, 0.05) is 19.6 Å². The van der Waals surface area contributed by atoms with E-state index in [0.29, 0.717) is 0 Å². The molecule has 2 saturated heterocycles. The number of rotatable bonds is 0. The van der Waals surface area contributed by atoms with Crippen LogP contribution in [0.1, 0.15) is 19.3 Å². The van der Waals surface area contributed by atoms with Gasteiger partial charge in [-0.2, -0.15) is 0 Å². The van der Waals surface area contributed by atoms with Gasteiger partial charge >= 0.3 is 0 Å². The zero-order valence-electron chi connectivity index (χ0n) is 6.79. The second-order valence-corrected chi connectivity index (χ2v) is 3.74. The molecule has 0 bridgehead atoms. The largest absolute Gasteiger partial charge is 0.269 e. The predicted octanol–water partition coefficient (Wildman–Crippen LogP) is -0.726. The molecule has 1 unspecified atom stereocenters. The van der Waals surface area contributed by atoms with Crippen molar-refractivity contribution in [3.63, 3.8) is 0 Å². The highest BCUT2D eigenvalue weighted by Gasteiger charge is 2.43. The summed E-state index contributed by atoms with van der Waals surface area (Å²) in [6, 6.07) is 0. The number of nitrogens with two attached hydrogens (primary N) is 2. The van der Waals surface area contributed by atoms with Crippen LogP contribution in [-0.2, 0) is 0 Å². The summed E-state index contributed by atoms with van der Waals surface area (Å²) < 4.78 is 0. The molecule has 2 fully saturated rings. The Labute approximate surface area is 67.1 Å². The Bertz CT molecular complexity index is 161. The quantitative estimate of drug-likeness (QED) is 0.454. The summed E-state index contributed by atoms with van der Waals surface area (Å²) in [4.78, 5) is 0. The summed E-state index contributed by atoms with van der Waals surface area (Å²) in [5.74, 6) is 11.6. The maximum absolute atomic E-state index is 5.89. The average molecular weight is 156 g/mol. The van der Waals surface area contributed by atoms with Gasteiger partial charge in [-0.1, -0.05) is 0 Å². The van der Waals surface area contributed by atoms with Crippen molar-refractivity contribution in [3.05, 3.63) is 0 Å². The molecule has 64 valence electrons. The van der Waals surface area contributed by atoms with E-state index < -0.39 is 0 Å². The van der Waals surface area contributed by atoms with Gasteiger partial charge in [-0.3, -0.25) is 11.7 Å². The first-order chi connectivity index (χ1) is 5.23. The Morgan fingerprint density at radius 1 is 1.09 bits per heavy atom. The molecule has 2 heterocycles. The molecule has 4 heteroatoms. The van der Waals surface area contributed by atoms with Gasteiger partial charge < -0.3 is 0 Å². The SMILES string of the molecule is NN1CCC2(CCCN2N)C1. The van der Waals surface area contributed by atoms with E-state index in [9.17, 15) is 0 Å². The van der Waals surface area contributed by atoms with Crippen LogP contribution >= 0.6 is 0 Å². The van der Waals surface area contributed by atoms with Crippen LogP contribution in [0.4, 0.5) is 0 Å². The highest BCUT2D eigenvalue weighted by Crippen LogP contribution is 2.33. The molecule has 0 aromatic carbocycles. The lowest BCUT2D eigenvalue weighted by Gasteiger charge is -2.30. The summed E-state index contributed by atoms with van der Waals surface area (Å²) in [6.07, 6.45) is 3.58. The van der Waals surface area contributed by atoms with E-state index in [1.165, 1.54) is 12.8 Å². The van der Waals surface area contributed by atoms with Crippen molar-refractivity contribution in [2.75, 3.05) is 19.6 Å². The zero-order chi connectivity index (χ0) is 7.90. The van der Waals surface area contributed by atoms with Crippen molar-refractivity contribution in [2.24, 2.45) is 11.7 Å². The van der Waals surface area contributed by atoms with Crippen LogP contribution in [-0.4, -0.2) is 35.2 Å². The minimum atomic E-state index is 0.231. The van der Waals surface area contributed by atoms with Crippen LogP contribution in [0, 0.1) is 0 Å². The van der Waals surface area contributed by atoms with Gasteiger partial charge in [0.05, 0.1) is 5.54 Å². The second-order valence-electron chi connectivity index (χ2n) is 3.74. The number of hydrogen-bond acceptors (Lipinski definition) is 4. The molecule has 2 rings (SSSR count). The van der Waals surface area contributed by atoms with Crippen molar-refractivity contribution in [1.82, 2.24) is 10.0 Å². The first-order valence-corrected chi connectivity index (χ1v) is 4.25. The Kier molecular flexibility index (Phi) is 1.64. The molecule has 2 aliphatic rings. The van der Waals surface area contributed by atoms with Crippen molar-refractivity contribution in [1.29, 1.82) is 0 Å². The van der Waals surface area contributed by atoms with Gasteiger partial charge in [-0.25, -0.2) is 10.0 Å². The van der Waals surface area contributed by atoms with Crippen LogP contribution in [0.25, 0.3) is 0 Å². The van der Waals surface area contributed by atoms with Crippen LogP contribution < -0.4 is 11.7 Å². The number of nitrogens with zero attached hydrogens (tertiary/aromatic N) is 2. The third-order valence-corrected chi connectivity index (χ3v) is 3.01. The lowest BCUT2D eigenvalue weighted by atomic mass is 9.96.